The molecule has 2 heterocycles. The zero-order valence-electron chi connectivity index (χ0n) is 11.5. The SMILES string of the molecule is O=C[C@H](O)[C@@H](O[C@H]1O[C@@H]2CO[C@@H]([C@H]2O)[C@H]1O)[C@@H](O)[C@H](O)CO. The summed E-state index contributed by atoms with van der Waals surface area (Å²) in [6.45, 7) is -0.792. The van der Waals surface area contributed by atoms with E-state index in [0.29, 0.717) is 0 Å². The molecule has 0 saturated carbocycles. The fraction of sp³-hybridized carbons (Fsp3) is 0.917. The van der Waals surface area contributed by atoms with E-state index >= 15 is 0 Å². The van der Waals surface area contributed by atoms with Crippen molar-refractivity contribution in [1.82, 2.24) is 0 Å². The molecule has 0 aromatic rings. The van der Waals surface area contributed by atoms with E-state index in [0.717, 1.165) is 0 Å². The second kappa shape index (κ2) is 7.25. The van der Waals surface area contributed by atoms with Crippen LogP contribution in [0.15, 0.2) is 0 Å². The quantitative estimate of drug-likeness (QED) is 0.251. The first-order valence-corrected chi connectivity index (χ1v) is 6.79. The van der Waals surface area contributed by atoms with Gasteiger partial charge in [-0.3, -0.25) is 0 Å². The zero-order valence-corrected chi connectivity index (χ0v) is 11.5. The van der Waals surface area contributed by atoms with Crippen molar-refractivity contribution in [3.05, 3.63) is 0 Å². The number of carbonyl (C=O) groups is 1. The molecule has 128 valence electrons. The van der Waals surface area contributed by atoms with Gasteiger partial charge in [0.1, 0.15) is 48.8 Å². The fourth-order valence-corrected chi connectivity index (χ4v) is 2.48. The Labute approximate surface area is 125 Å². The molecule has 0 aromatic heterocycles. The van der Waals surface area contributed by atoms with Crippen LogP contribution in [0, 0.1) is 0 Å². The second-order valence-corrected chi connectivity index (χ2v) is 5.29. The lowest BCUT2D eigenvalue weighted by atomic mass is 10.0. The van der Waals surface area contributed by atoms with Gasteiger partial charge in [-0.1, -0.05) is 0 Å². The normalized spacial score (nSPS) is 40.0. The van der Waals surface area contributed by atoms with E-state index < -0.39 is 61.7 Å². The predicted octanol–water partition coefficient (Wildman–Crippen LogP) is -4.51. The van der Waals surface area contributed by atoms with Crippen molar-refractivity contribution in [3.63, 3.8) is 0 Å². The van der Waals surface area contributed by atoms with Crippen LogP contribution in [0.2, 0.25) is 0 Å². The maximum Gasteiger partial charge on any atom is 0.187 e. The maximum atomic E-state index is 10.7. The lowest BCUT2D eigenvalue weighted by molar-refractivity contribution is -0.295. The molecule has 2 fully saturated rings. The summed E-state index contributed by atoms with van der Waals surface area (Å²) >= 11 is 0. The van der Waals surface area contributed by atoms with Crippen molar-refractivity contribution in [2.24, 2.45) is 0 Å². The molecule has 0 aromatic carbocycles. The molecule has 6 N–H and O–H groups in total. The minimum Gasteiger partial charge on any atom is -0.394 e. The van der Waals surface area contributed by atoms with E-state index in [2.05, 4.69) is 0 Å². The van der Waals surface area contributed by atoms with E-state index in [4.69, 9.17) is 19.3 Å². The summed E-state index contributed by atoms with van der Waals surface area (Å²) < 4.78 is 15.6. The van der Waals surface area contributed by atoms with Crippen molar-refractivity contribution in [3.8, 4) is 0 Å². The highest BCUT2D eigenvalue weighted by Crippen LogP contribution is 2.31. The van der Waals surface area contributed by atoms with E-state index in [1.807, 2.05) is 0 Å². The topological polar surface area (TPSA) is 166 Å². The predicted molar refractivity (Wildman–Crippen MR) is 66.5 cm³/mol. The molecule has 0 radical (unpaired) electrons. The van der Waals surface area contributed by atoms with Crippen molar-refractivity contribution in [2.45, 2.75) is 55.1 Å². The number of ether oxygens (including phenoxy) is 3. The number of aliphatic hydroxyl groups is 6. The van der Waals surface area contributed by atoms with Gasteiger partial charge in [0.15, 0.2) is 12.6 Å². The summed E-state index contributed by atoms with van der Waals surface area (Å²) in [4.78, 5) is 10.7. The molecule has 9 atom stereocenters. The van der Waals surface area contributed by atoms with E-state index in [1.54, 1.807) is 0 Å². The summed E-state index contributed by atoms with van der Waals surface area (Å²) in [5.41, 5.74) is 0. The average Bonchev–Trinajstić information content (AvgIpc) is 2.79. The largest absolute Gasteiger partial charge is 0.394 e. The summed E-state index contributed by atoms with van der Waals surface area (Å²) in [5, 5.41) is 57.4. The average molecular weight is 324 g/mol. The molecule has 10 nitrogen and oxygen atoms in total. The zero-order chi connectivity index (χ0) is 16.4. The fourth-order valence-electron chi connectivity index (χ4n) is 2.48. The molecule has 2 saturated heterocycles. The van der Waals surface area contributed by atoms with Crippen molar-refractivity contribution >= 4 is 6.29 Å². The first kappa shape index (κ1) is 17.7. The van der Waals surface area contributed by atoms with Gasteiger partial charge >= 0.3 is 0 Å². The highest BCUT2D eigenvalue weighted by Gasteiger charge is 2.52. The number of hydrogen-bond acceptors (Lipinski definition) is 10. The van der Waals surface area contributed by atoms with Crippen molar-refractivity contribution in [1.29, 1.82) is 0 Å². The molecule has 0 spiro atoms. The number of aldehydes is 1. The minimum atomic E-state index is -1.82. The van der Waals surface area contributed by atoms with Crippen LogP contribution in [0.25, 0.3) is 0 Å². The van der Waals surface area contributed by atoms with Crippen LogP contribution in [0.4, 0.5) is 0 Å². The molecule has 22 heavy (non-hydrogen) atoms. The molecule has 0 unspecified atom stereocenters. The van der Waals surface area contributed by atoms with Crippen LogP contribution in [-0.2, 0) is 19.0 Å². The van der Waals surface area contributed by atoms with Crippen LogP contribution in [0.3, 0.4) is 0 Å². The second-order valence-electron chi connectivity index (χ2n) is 5.29. The number of aliphatic hydroxyl groups excluding tert-OH is 6. The molecular formula is C12H20O10. The molecular weight excluding hydrogens is 304 g/mol. The summed E-state index contributed by atoms with van der Waals surface area (Å²) in [5.74, 6) is 0. The van der Waals surface area contributed by atoms with Gasteiger partial charge in [0.2, 0.25) is 0 Å². The van der Waals surface area contributed by atoms with Crippen LogP contribution >= 0.6 is 0 Å². The van der Waals surface area contributed by atoms with E-state index in [1.165, 1.54) is 0 Å². The summed E-state index contributed by atoms with van der Waals surface area (Å²) in [7, 11) is 0. The molecule has 0 aliphatic carbocycles. The van der Waals surface area contributed by atoms with Gasteiger partial charge in [0.05, 0.1) is 13.2 Å². The molecule has 10 heteroatoms. The third-order valence-corrected chi connectivity index (χ3v) is 3.78. The lowest BCUT2D eigenvalue weighted by Crippen LogP contribution is -2.58. The van der Waals surface area contributed by atoms with Gasteiger partial charge in [-0.05, 0) is 0 Å². The Morgan fingerprint density at radius 1 is 1.23 bits per heavy atom. The molecule has 2 aliphatic rings. The van der Waals surface area contributed by atoms with Gasteiger partial charge in [0.25, 0.3) is 0 Å². The van der Waals surface area contributed by atoms with Crippen LogP contribution < -0.4 is 0 Å². The van der Waals surface area contributed by atoms with Crippen LogP contribution in [0.5, 0.6) is 0 Å². The molecule has 0 amide bonds. The minimum absolute atomic E-state index is 0.0332. The third-order valence-electron chi connectivity index (χ3n) is 3.78. The lowest BCUT2D eigenvalue weighted by Gasteiger charge is -2.38. The Bertz CT molecular complexity index is 379. The van der Waals surface area contributed by atoms with Gasteiger partial charge in [-0.25, -0.2) is 0 Å². The number of fused-ring (bicyclic) bond motifs is 2. The Hall–Kier alpha value is -0.690. The number of rotatable bonds is 7. The Morgan fingerprint density at radius 2 is 1.91 bits per heavy atom. The Morgan fingerprint density at radius 3 is 2.50 bits per heavy atom. The third kappa shape index (κ3) is 3.30. The molecule has 2 rings (SSSR count). The smallest absolute Gasteiger partial charge is 0.187 e. The summed E-state index contributed by atoms with van der Waals surface area (Å²) in [6.07, 6.45) is -12.4. The van der Waals surface area contributed by atoms with Crippen LogP contribution in [-0.4, -0.2) is 105 Å². The standard InChI is InChI=1S/C12H20O10/c13-1-4(15)7(17)10(5(16)2-14)22-12-9(19)11-8(18)6(21-12)3-20-11/h2,4-13,15-19H,1,3H2/t4-,5+,6-,7+,8+,9-,10-,11+,12-/m1/s1. The van der Waals surface area contributed by atoms with Crippen molar-refractivity contribution < 1.29 is 49.6 Å². The van der Waals surface area contributed by atoms with E-state index in [9.17, 15) is 30.3 Å². The first-order valence-electron chi connectivity index (χ1n) is 6.79. The number of hydrogen-bond donors (Lipinski definition) is 6. The highest BCUT2D eigenvalue weighted by molar-refractivity contribution is 5.56. The van der Waals surface area contributed by atoms with Gasteiger partial charge < -0.3 is 49.6 Å². The monoisotopic (exact) mass is 324 g/mol. The Balaban J connectivity index is 2.08. The number of carbonyl (C=O) groups excluding carboxylic acids is 1. The van der Waals surface area contributed by atoms with Gasteiger partial charge in [-0.2, -0.15) is 0 Å². The summed E-state index contributed by atoms with van der Waals surface area (Å²) in [6, 6.07) is 0. The van der Waals surface area contributed by atoms with Crippen LogP contribution in [0.1, 0.15) is 0 Å². The van der Waals surface area contributed by atoms with Gasteiger partial charge in [-0.15, -0.1) is 0 Å². The van der Waals surface area contributed by atoms with E-state index in [-0.39, 0.29) is 12.9 Å². The molecule has 2 bridgehead atoms. The first-order chi connectivity index (χ1) is 10.4. The molecule has 2 aliphatic heterocycles. The van der Waals surface area contributed by atoms with Gasteiger partial charge in [0, 0.05) is 0 Å². The highest BCUT2D eigenvalue weighted by atomic mass is 16.7. The van der Waals surface area contributed by atoms with Crippen molar-refractivity contribution in [2.75, 3.05) is 13.2 Å². The Kier molecular flexibility index (Phi) is 5.82. The maximum absolute atomic E-state index is 10.7.